The van der Waals surface area contributed by atoms with Gasteiger partial charge in [-0.25, -0.2) is 4.79 Å². The fourth-order valence-electron chi connectivity index (χ4n) is 1.93. The normalized spacial score (nSPS) is 19.9. The van der Waals surface area contributed by atoms with Gasteiger partial charge in [0.05, 0.1) is 11.1 Å². The third-order valence-electron chi connectivity index (χ3n) is 2.87. The van der Waals surface area contributed by atoms with Gasteiger partial charge in [0.2, 0.25) is 0 Å². The molecule has 1 N–H and O–H groups in total. The lowest BCUT2D eigenvalue weighted by Crippen LogP contribution is -2.35. The number of rotatable bonds is 4. The molecule has 0 spiro atoms. The standard InChI is InChI=1S/C10H13NO4/c1-6-5-7(15-11-6)10(3-4-10)8(14-2)9(12)13/h5,8H,3-4H2,1-2H3,(H,12,13). The average molecular weight is 211 g/mol. The molecular weight excluding hydrogens is 198 g/mol. The van der Waals surface area contributed by atoms with Gasteiger partial charge in [0.1, 0.15) is 5.76 Å². The Morgan fingerprint density at radius 1 is 1.73 bits per heavy atom. The number of carbonyl (C=O) groups is 1. The summed E-state index contributed by atoms with van der Waals surface area (Å²) in [5.74, 6) is -0.335. The first-order valence-electron chi connectivity index (χ1n) is 4.79. The molecule has 0 radical (unpaired) electrons. The maximum absolute atomic E-state index is 11.0. The fraction of sp³-hybridized carbons (Fsp3) is 0.600. The van der Waals surface area contributed by atoms with E-state index >= 15 is 0 Å². The maximum atomic E-state index is 11.0. The third-order valence-corrected chi connectivity index (χ3v) is 2.87. The monoisotopic (exact) mass is 211 g/mol. The van der Waals surface area contributed by atoms with E-state index < -0.39 is 17.5 Å². The van der Waals surface area contributed by atoms with Crippen molar-refractivity contribution in [3.8, 4) is 0 Å². The number of methoxy groups -OCH3 is 1. The zero-order valence-electron chi connectivity index (χ0n) is 8.69. The van der Waals surface area contributed by atoms with Crippen molar-refractivity contribution in [2.24, 2.45) is 0 Å². The summed E-state index contributed by atoms with van der Waals surface area (Å²) < 4.78 is 10.1. The zero-order valence-corrected chi connectivity index (χ0v) is 8.69. The average Bonchev–Trinajstić information content (AvgIpc) is 2.83. The van der Waals surface area contributed by atoms with Gasteiger partial charge < -0.3 is 14.4 Å². The quantitative estimate of drug-likeness (QED) is 0.807. The molecule has 5 heteroatoms. The molecule has 1 heterocycles. The maximum Gasteiger partial charge on any atom is 0.333 e. The summed E-state index contributed by atoms with van der Waals surface area (Å²) in [6.45, 7) is 1.81. The molecule has 0 aromatic carbocycles. The van der Waals surface area contributed by atoms with Crippen molar-refractivity contribution in [3.05, 3.63) is 17.5 Å². The Kier molecular flexibility index (Phi) is 2.26. The predicted octanol–water partition coefficient (Wildman–Crippen LogP) is 1.11. The van der Waals surface area contributed by atoms with Crippen molar-refractivity contribution in [2.75, 3.05) is 7.11 Å². The van der Waals surface area contributed by atoms with Gasteiger partial charge in [-0.15, -0.1) is 0 Å². The molecule has 1 atom stereocenters. The summed E-state index contributed by atoms with van der Waals surface area (Å²) in [7, 11) is 1.40. The molecule has 1 unspecified atom stereocenters. The van der Waals surface area contributed by atoms with Crippen molar-refractivity contribution >= 4 is 5.97 Å². The van der Waals surface area contributed by atoms with E-state index in [-0.39, 0.29) is 0 Å². The first kappa shape index (κ1) is 10.2. The zero-order chi connectivity index (χ0) is 11.1. The van der Waals surface area contributed by atoms with E-state index in [9.17, 15) is 4.79 Å². The Morgan fingerprint density at radius 2 is 2.40 bits per heavy atom. The van der Waals surface area contributed by atoms with E-state index in [0.717, 1.165) is 18.5 Å². The van der Waals surface area contributed by atoms with Gasteiger partial charge >= 0.3 is 5.97 Å². The summed E-state index contributed by atoms with van der Waals surface area (Å²) in [5.41, 5.74) is 0.262. The minimum absolute atomic E-state index is 0.498. The van der Waals surface area contributed by atoms with Crippen LogP contribution in [-0.2, 0) is 14.9 Å². The van der Waals surface area contributed by atoms with Crippen LogP contribution in [0, 0.1) is 6.92 Å². The van der Waals surface area contributed by atoms with Crippen LogP contribution in [0.1, 0.15) is 24.3 Å². The van der Waals surface area contributed by atoms with Crippen LogP contribution >= 0.6 is 0 Å². The van der Waals surface area contributed by atoms with E-state index in [0.29, 0.717) is 5.76 Å². The predicted molar refractivity (Wildman–Crippen MR) is 50.6 cm³/mol. The molecule has 1 fully saturated rings. The topological polar surface area (TPSA) is 72.6 Å². The van der Waals surface area contributed by atoms with Crippen LogP contribution < -0.4 is 0 Å². The minimum atomic E-state index is -0.955. The molecule has 5 nitrogen and oxygen atoms in total. The van der Waals surface area contributed by atoms with Gasteiger partial charge in [-0.1, -0.05) is 5.16 Å². The number of carboxylic acids is 1. The molecule has 1 aromatic rings. The first-order chi connectivity index (χ1) is 7.10. The number of carboxylic acid groups (broad SMARTS) is 1. The molecule has 1 saturated carbocycles. The smallest absolute Gasteiger partial charge is 0.333 e. The highest BCUT2D eigenvalue weighted by Gasteiger charge is 2.57. The highest BCUT2D eigenvalue weighted by molar-refractivity contribution is 5.75. The Morgan fingerprint density at radius 3 is 2.73 bits per heavy atom. The lowest BCUT2D eigenvalue weighted by molar-refractivity contribution is -0.151. The Labute approximate surface area is 87.0 Å². The summed E-state index contributed by atoms with van der Waals surface area (Å²) in [5, 5.41) is 12.8. The van der Waals surface area contributed by atoms with E-state index in [1.54, 1.807) is 6.07 Å². The largest absolute Gasteiger partial charge is 0.479 e. The SMILES string of the molecule is COC(C(=O)O)C1(c2cc(C)no2)CC1. The Balaban J connectivity index is 2.30. The van der Waals surface area contributed by atoms with Gasteiger partial charge in [-0.3, -0.25) is 0 Å². The van der Waals surface area contributed by atoms with Gasteiger partial charge in [-0.2, -0.15) is 0 Å². The Bertz CT molecular complexity index is 381. The second-order valence-corrected chi connectivity index (χ2v) is 3.94. The van der Waals surface area contributed by atoms with E-state index in [2.05, 4.69) is 5.16 Å². The van der Waals surface area contributed by atoms with Crippen molar-refractivity contribution in [2.45, 2.75) is 31.3 Å². The van der Waals surface area contributed by atoms with Crippen molar-refractivity contribution in [1.29, 1.82) is 0 Å². The fourth-order valence-corrected chi connectivity index (χ4v) is 1.93. The Hall–Kier alpha value is -1.36. The van der Waals surface area contributed by atoms with Gasteiger partial charge in [-0.05, 0) is 19.8 Å². The highest BCUT2D eigenvalue weighted by atomic mass is 16.5. The van der Waals surface area contributed by atoms with Crippen molar-refractivity contribution in [3.63, 3.8) is 0 Å². The highest BCUT2D eigenvalue weighted by Crippen LogP contribution is 2.52. The number of hydrogen-bond acceptors (Lipinski definition) is 4. The van der Waals surface area contributed by atoms with Gasteiger partial charge in [0, 0.05) is 13.2 Å². The minimum Gasteiger partial charge on any atom is -0.479 e. The molecule has 82 valence electrons. The molecule has 2 rings (SSSR count). The van der Waals surface area contributed by atoms with Crippen LogP contribution in [0.2, 0.25) is 0 Å². The molecule has 0 aliphatic heterocycles. The van der Waals surface area contributed by atoms with Crippen LogP contribution in [0.15, 0.2) is 10.6 Å². The number of ether oxygens (including phenoxy) is 1. The molecule has 0 bridgehead atoms. The van der Waals surface area contributed by atoms with Crippen LogP contribution in [0.3, 0.4) is 0 Å². The summed E-state index contributed by atoms with van der Waals surface area (Å²) >= 11 is 0. The molecule has 1 aliphatic carbocycles. The number of hydrogen-bond donors (Lipinski definition) is 1. The number of nitrogens with zero attached hydrogens (tertiary/aromatic N) is 1. The van der Waals surface area contributed by atoms with Crippen LogP contribution in [0.25, 0.3) is 0 Å². The summed E-state index contributed by atoms with van der Waals surface area (Å²) in [6.07, 6.45) is 0.698. The molecule has 0 saturated heterocycles. The molecular formula is C10H13NO4. The van der Waals surface area contributed by atoms with Gasteiger partial charge in [0.15, 0.2) is 6.10 Å². The molecule has 1 aliphatic rings. The molecule has 1 aromatic heterocycles. The van der Waals surface area contributed by atoms with Crippen LogP contribution in [0.5, 0.6) is 0 Å². The van der Waals surface area contributed by atoms with Gasteiger partial charge in [0.25, 0.3) is 0 Å². The number of aryl methyl sites for hydroxylation is 1. The first-order valence-corrected chi connectivity index (χ1v) is 4.79. The number of aromatic nitrogens is 1. The summed E-state index contributed by atoms with van der Waals surface area (Å²) in [6, 6.07) is 1.78. The lowest BCUT2D eigenvalue weighted by Gasteiger charge is -2.18. The number of aliphatic carboxylic acids is 1. The van der Waals surface area contributed by atoms with Crippen molar-refractivity contribution in [1.82, 2.24) is 5.16 Å². The van der Waals surface area contributed by atoms with E-state index in [1.165, 1.54) is 7.11 Å². The molecule has 0 amide bonds. The second-order valence-electron chi connectivity index (χ2n) is 3.94. The molecule has 15 heavy (non-hydrogen) atoms. The van der Waals surface area contributed by atoms with E-state index in [1.807, 2.05) is 6.92 Å². The van der Waals surface area contributed by atoms with Crippen molar-refractivity contribution < 1.29 is 19.2 Å². The third kappa shape index (κ3) is 1.52. The summed E-state index contributed by atoms with van der Waals surface area (Å²) in [4.78, 5) is 11.0. The van der Waals surface area contributed by atoms with Crippen LogP contribution in [0.4, 0.5) is 0 Å². The lowest BCUT2D eigenvalue weighted by atomic mass is 9.95. The van der Waals surface area contributed by atoms with Crippen LogP contribution in [-0.4, -0.2) is 29.4 Å². The second kappa shape index (κ2) is 3.34. The van der Waals surface area contributed by atoms with E-state index in [4.69, 9.17) is 14.4 Å².